The lowest BCUT2D eigenvalue weighted by Crippen LogP contribution is -2.61. The Kier molecular flexibility index (Phi) is 4.68. The number of amides is 2. The first-order valence-electron chi connectivity index (χ1n) is 9.51. The molecule has 4 rings (SSSR count). The second kappa shape index (κ2) is 7.14. The van der Waals surface area contributed by atoms with E-state index in [-0.39, 0.29) is 11.8 Å². The van der Waals surface area contributed by atoms with Crippen LogP contribution in [-0.2, 0) is 11.3 Å². The first-order valence-corrected chi connectivity index (χ1v) is 9.51. The highest BCUT2D eigenvalue weighted by molar-refractivity contribution is 6.00. The Morgan fingerprint density at radius 3 is 2.48 bits per heavy atom. The van der Waals surface area contributed by atoms with Crippen LogP contribution in [-0.4, -0.2) is 40.2 Å². The number of carbonyl (C=O) groups excluding carboxylic acids is 2. The predicted molar refractivity (Wildman–Crippen MR) is 100 cm³/mol. The molecule has 27 heavy (non-hydrogen) atoms. The number of rotatable bonds is 3. The normalized spacial score (nSPS) is 22.5. The Balaban J connectivity index is 1.60. The van der Waals surface area contributed by atoms with Gasteiger partial charge in [0.2, 0.25) is 5.91 Å². The third-order valence-corrected chi connectivity index (χ3v) is 5.73. The van der Waals surface area contributed by atoms with Crippen molar-refractivity contribution in [1.82, 2.24) is 9.80 Å². The Hall–Kier alpha value is -2.69. The van der Waals surface area contributed by atoms with E-state index in [9.17, 15) is 14.0 Å². The first-order chi connectivity index (χ1) is 13.1. The molecule has 4 nitrogen and oxygen atoms in total. The van der Waals surface area contributed by atoms with Crippen molar-refractivity contribution in [1.29, 1.82) is 0 Å². The molecule has 2 amide bonds. The van der Waals surface area contributed by atoms with Gasteiger partial charge in [0, 0.05) is 25.2 Å². The number of hydrogen-bond donors (Lipinski definition) is 0. The highest BCUT2D eigenvalue weighted by atomic mass is 19.1. The van der Waals surface area contributed by atoms with Crippen molar-refractivity contribution in [3.05, 3.63) is 71.5 Å². The van der Waals surface area contributed by atoms with E-state index in [1.807, 2.05) is 35.2 Å². The average Bonchev–Trinajstić information content (AvgIpc) is 3.10. The highest BCUT2D eigenvalue weighted by Crippen LogP contribution is 2.39. The summed E-state index contributed by atoms with van der Waals surface area (Å²) in [4.78, 5) is 30.1. The number of carbonyl (C=O) groups is 2. The van der Waals surface area contributed by atoms with Gasteiger partial charge in [0.05, 0.1) is 0 Å². The fourth-order valence-corrected chi connectivity index (χ4v) is 4.45. The fourth-order valence-electron chi connectivity index (χ4n) is 4.45. The minimum absolute atomic E-state index is 0.0276. The molecule has 5 heteroatoms. The molecule has 1 unspecified atom stereocenters. The van der Waals surface area contributed by atoms with Crippen LogP contribution in [0.5, 0.6) is 0 Å². The highest BCUT2D eigenvalue weighted by Gasteiger charge is 2.52. The maximum Gasteiger partial charge on any atom is 0.254 e. The summed E-state index contributed by atoms with van der Waals surface area (Å²) in [5.41, 5.74) is 0.615. The molecule has 1 spiro atoms. The van der Waals surface area contributed by atoms with Crippen molar-refractivity contribution >= 4 is 11.8 Å². The van der Waals surface area contributed by atoms with E-state index < -0.39 is 11.4 Å². The Morgan fingerprint density at radius 1 is 1.00 bits per heavy atom. The van der Waals surface area contributed by atoms with Crippen LogP contribution < -0.4 is 0 Å². The number of benzene rings is 2. The van der Waals surface area contributed by atoms with Crippen molar-refractivity contribution in [3.8, 4) is 0 Å². The summed E-state index contributed by atoms with van der Waals surface area (Å²) in [6.45, 7) is 1.81. The van der Waals surface area contributed by atoms with Crippen LogP contribution >= 0.6 is 0 Å². The fraction of sp³-hybridized carbons (Fsp3) is 0.364. The molecule has 0 saturated carbocycles. The predicted octanol–water partition coefficient (Wildman–Crippen LogP) is 3.62. The van der Waals surface area contributed by atoms with Gasteiger partial charge in [-0.15, -0.1) is 0 Å². The van der Waals surface area contributed by atoms with Gasteiger partial charge in [-0.1, -0.05) is 36.4 Å². The van der Waals surface area contributed by atoms with Crippen molar-refractivity contribution in [2.45, 2.75) is 37.8 Å². The summed E-state index contributed by atoms with van der Waals surface area (Å²) < 4.78 is 13.6. The summed E-state index contributed by atoms with van der Waals surface area (Å²) >= 11 is 0. The number of hydrogen-bond acceptors (Lipinski definition) is 2. The Bertz CT molecular complexity index is 854. The number of piperidine rings is 1. The van der Waals surface area contributed by atoms with Gasteiger partial charge in [-0.3, -0.25) is 9.59 Å². The maximum absolute atomic E-state index is 13.6. The second-order valence-electron chi connectivity index (χ2n) is 7.42. The third-order valence-electron chi connectivity index (χ3n) is 5.73. The van der Waals surface area contributed by atoms with Crippen LogP contribution in [0.4, 0.5) is 4.39 Å². The van der Waals surface area contributed by atoms with Crippen LogP contribution in [0.1, 0.15) is 41.6 Å². The van der Waals surface area contributed by atoms with Gasteiger partial charge in [0.15, 0.2) is 0 Å². The molecular formula is C22H23FN2O2. The van der Waals surface area contributed by atoms with E-state index in [2.05, 4.69) is 0 Å². The minimum atomic E-state index is -0.781. The second-order valence-corrected chi connectivity index (χ2v) is 7.42. The average molecular weight is 366 g/mol. The molecule has 0 radical (unpaired) electrons. The van der Waals surface area contributed by atoms with Gasteiger partial charge in [-0.25, -0.2) is 4.39 Å². The zero-order valence-electron chi connectivity index (χ0n) is 15.2. The Morgan fingerprint density at radius 2 is 1.74 bits per heavy atom. The van der Waals surface area contributed by atoms with E-state index in [4.69, 9.17) is 0 Å². The molecule has 2 aliphatic rings. The van der Waals surface area contributed by atoms with Crippen LogP contribution in [0.15, 0.2) is 54.6 Å². The molecule has 140 valence electrons. The lowest BCUT2D eigenvalue weighted by Gasteiger charge is -2.44. The number of nitrogens with zero attached hydrogens (tertiary/aromatic N) is 2. The van der Waals surface area contributed by atoms with Gasteiger partial charge < -0.3 is 9.80 Å². The SMILES string of the molecule is O=C(c1cccc(F)c1)N1CCCC12CCCN(Cc1ccccc1)C2=O. The smallest absolute Gasteiger partial charge is 0.254 e. The molecule has 2 aliphatic heterocycles. The standard InChI is InChI=1S/C22H23FN2O2/c23-19-10-4-9-18(15-19)20(26)25-14-6-12-22(25)11-5-13-24(21(22)27)16-17-7-2-1-3-8-17/h1-4,7-10,15H,5-6,11-14,16H2. The van der Waals surface area contributed by atoms with Crippen LogP contribution in [0.25, 0.3) is 0 Å². The zero-order valence-corrected chi connectivity index (χ0v) is 15.2. The van der Waals surface area contributed by atoms with Crippen molar-refractivity contribution in [2.24, 2.45) is 0 Å². The summed E-state index contributed by atoms with van der Waals surface area (Å²) in [6.07, 6.45) is 3.02. The molecule has 0 bridgehead atoms. The van der Waals surface area contributed by atoms with Gasteiger partial charge >= 0.3 is 0 Å². The van der Waals surface area contributed by atoms with E-state index >= 15 is 0 Å². The van der Waals surface area contributed by atoms with Gasteiger partial charge in [-0.05, 0) is 49.4 Å². The molecule has 0 aliphatic carbocycles. The van der Waals surface area contributed by atoms with Crippen LogP contribution in [0, 0.1) is 5.82 Å². The van der Waals surface area contributed by atoms with E-state index in [1.54, 1.807) is 11.0 Å². The van der Waals surface area contributed by atoms with E-state index in [0.29, 0.717) is 38.0 Å². The third kappa shape index (κ3) is 3.22. The molecule has 0 aromatic heterocycles. The van der Waals surface area contributed by atoms with Gasteiger partial charge in [0.1, 0.15) is 11.4 Å². The molecular weight excluding hydrogens is 343 g/mol. The number of likely N-dealkylation sites (tertiary alicyclic amines) is 2. The minimum Gasteiger partial charge on any atom is -0.336 e. The molecule has 2 saturated heterocycles. The Labute approximate surface area is 158 Å². The zero-order chi connectivity index (χ0) is 18.9. The summed E-state index contributed by atoms with van der Waals surface area (Å²) in [6, 6.07) is 15.6. The van der Waals surface area contributed by atoms with Crippen molar-refractivity contribution in [2.75, 3.05) is 13.1 Å². The monoisotopic (exact) mass is 366 g/mol. The number of halogens is 1. The molecule has 2 fully saturated rings. The topological polar surface area (TPSA) is 40.6 Å². The summed E-state index contributed by atoms with van der Waals surface area (Å²) in [5, 5.41) is 0. The lowest BCUT2D eigenvalue weighted by molar-refractivity contribution is -0.146. The molecule has 1 atom stereocenters. The van der Waals surface area contributed by atoms with E-state index in [0.717, 1.165) is 18.4 Å². The molecule has 2 aromatic carbocycles. The van der Waals surface area contributed by atoms with Crippen molar-refractivity contribution in [3.63, 3.8) is 0 Å². The summed E-state index contributed by atoms with van der Waals surface area (Å²) in [7, 11) is 0. The molecule has 2 aromatic rings. The van der Waals surface area contributed by atoms with Crippen LogP contribution in [0.2, 0.25) is 0 Å². The lowest BCUT2D eigenvalue weighted by atomic mass is 9.84. The van der Waals surface area contributed by atoms with Gasteiger partial charge in [0.25, 0.3) is 5.91 Å². The maximum atomic E-state index is 13.6. The quantitative estimate of drug-likeness (QED) is 0.832. The molecule has 2 heterocycles. The molecule has 0 N–H and O–H groups in total. The first kappa shape index (κ1) is 17.7. The largest absolute Gasteiger partial charge is 0.336 e. The van der Waals surface area contributed by atoms with E-state index in [1.165, 1.54) is 18.2 Å². The van der Waals surface area contributed by atoms with Gasteiger partial charge in [-0.2, -0.15) is 0 Å². The van der Waals surface area contributed by atoms with Crippen molar-refractivity contribution < 1.29 is 14.0 Å². The van der Waals surface area contributed by atoms with Crippen LogP contribution in [0.3, 0.4) is 0 Å². The summed E-state index contributed by atoms with van der Waals surface area (Å²) in [5.74, 6) is -0.656.